The summed E-state index contributed by atoms with van der Waals surface area (Å²) in [5.41, 5.74) is 0.654. The van der Waals surface area contributed by atoms with E-state index in [1.54, 1.807) is 6.07 Å². The number of benzene rings is 1. The Morgan fingerprint density at radius 2 is 1.95 bits per heavy atom. The molecule has 1 saturated carbocycles. The molecule has 0 bridgehead atoms. The molecule has 1 fully saturated rings. The second kappa shape index (κ2) is 7.24. The Labute approximate surface area is 127 Å². The molecule has 0 amide bonds. The highest BCUT2D eigenvalue weighted by molar-refractivity contribution is 6.34. The van der Waals surface area contributed by atoms with E-state index in [0.717, 1.165) is 6.54 Å². The molecule has 0 heterocycles. The van der Waals surface area contributed by atoms with Gasteiger partial charge in [0, 0.05) is 18.2 Å². The molecule has 1 aliphatic rings. The fourth-order valence-electron chi connectivity index (χ4n) is 3.04. The van der Waals surface area contributed by atoms with Crippen molar-refractivity contribution in [1.82, 2.24) is 4.90 Å². The Bertz CT molecular complexity index is 452. The number of carbonyl (C=O) groups excluding carboxylic acids is 1. The van der Waals surface area contributed by atoms with E-state index in [0.29, 0.717) is 29.1 Å². The van der Waals surface area contributed by atoms with E-state index >= 15 is 0 Å². The number of hydrogen-bond acceptors (Lipinski definition) is 2. The van der Waals surface area contributed by atoms with Gasteiger partial charge in [0.15, 0.2) is 5.78 Å². The molecule has 0 aromatic heterocycles. The van der Waals surface area contributed by atoms with E-state index in [-0.39, 0.29) is 5.78 Å². The van der Waals surface area contributed by atoms with Gasteiger partial charge in [-0.05, 0) is 30.9 Å². The first-order valence-corrected chi connectivity index (χ1v) is 7.97. The summed E-state index contributed by atoms with van der Waals surface area (Å²) >= 11 is 6.13. The van der Waals surface area contributed by atoms with E-state index in [1.165, 1.54) is 25.7 Å². The first-order chi connectivity index (χ1) is 9.58. The molecule has 1 aromatic carbocycles. The van der Waals surface area contributed by atoms with Crippen LogP contribution >= 0.6 is 11.6 Å². The predicted octanol–water partition coefficient (Wildman–Crippen LogP) is 4.42. The van der Waals surface area contributed by atoms with Gasteiger partial charge in [0.05, 0.1) is 11.6 Å². The second-order valence-electron chi connectivity index (χ2n) is 6.16. The highest BCUT2D eigenvalue weighted by Gasteiger charge is 2.25. The van der Waals surface area contributed by atoms with Crippen molar-refractivity contribution in [2.75, 3.05) is 13.1 Å². The van der Waals surface area contributed by atoms with Crippen LogP contribution in [-0.2, 0) is 0 Å². The zero-order valence-corrected chi connectivity index (χ0v) is 13.2. The maximum Gasteiger partial charge on any atom is 0.178 e. The first kappa shape index (κ1) is 15.5. The summed E-state index contributed by atoms with van der Waals surface area (Å²) in [6.45, 7) is 5.90. The molecule has 1 aromatic rings. The quantitative estimate of drug-likeness (QED) is 0.724. The molecule has 0 N–H and O–H groups in total. The van der Waals surface area contributed by atoms with Crippen LogP contribution in [-0.4, -0.2) is 29.8 Å². The van der Waals surface area contributed by atoms with Crippen molar-refractivity contribution in [1.29, 1.82) is 0 Å². The van der Waals surface area contributed by atoms with Gasteiger partial charge in [0.25, 0.3) is 0 Å². The summed E-state index contributed by atoms with van der Waals surface area (Å²) in [4.78, 5) is 14.9. The van der Waals surface area contributed by atoms with Gasteiger partial charge in [-0.15, -0.1) is 0 Å². The molecule has 20 heavy (non-hydrogen) atoms. The topological polar surface area (TPSA) is 20.3 Å². The third-order valence-electron chi connectivity index (χ3n) is 3.96. The Kier molecular flexibility index (Phi) is 5.62. The van der Waals surface area contributed by atoms with E-state index in [9.17, 15) is 4.79 Å². The van der Waals surface area contributed by atoms with Crippen molar-refractivity contribution >= 4 is 17.4 Å². The van der Waals surface area contributed by atoms with Crippen LogP contribution in [0, 0.1) is 5.92 Å². The normalized spacial score (nSPS) is 16.2. The molecular weight excluding hydrogens is 270 g/mol. The molecule has 0 unspecified atom stereocenters. The van der Waals surface area contributed by atoms with Crippen molar-refractivity contribution in [2.24, 2.45) is 5.92 Å². The fraction of sp³-hybridized carbons (Fsp3) is 0.588. The van der Waals surface area contributed by atoms with Crippen LogP contribution < -0.4 is 0 Å². The number of rotatable bonds is 6. The summed E-state index contributed by atoms with van der Waals surface area (Å²) < 4.78 is 0. The Morgan fingerprint density at radius 3 is 2.55 bits per heavy atom. The standard InChI is InChI=1S/C17H24ClNO/c1-13(2)11-19(14-7-3-4-8-14)12-17(20)15-9-5-6-10-16(15)18/h5-6,9-10,13-14H,3-4,7-8,11-12H2,1-2H3. The van der Waals surface area contributed by atoms with Crippen LogP contribution in [0.5, 0.6) is 0 Å². The molecular formula is C17H24ClNO. The zero-order chi connectivity index (χ0) is 14.5. The van der Waals surface area contributed by atoms with Crippen molar-refractivity contribution in [3.63, 3.8) is 0 Å². The Balaban J connectivity index is 2.06. The van der Waals surface area contributed by atoms with Crippen molar-refractivity contribution in [2.45, 2.75) is 45.6 Å². The van der Waals surface area contributed by atoms with Crippen LogP contribution in [0.15, 0.2) is 24.3 Å². The van der Waals surface area contributed by atoms with Gasteiger partial charge in [-0.3, -0.25) is 9.69 Å². The Hall–Kier alpha value is -0.860. The largest absolute Gasteiger partial charge is 0.293 e. The van der Waals surface area contributed by atoms with Crippen molar-refractivity contribution < 1.29 is 4.79 Å². The molecule has 0 spiro atoms. The lowest BCUT2D eigenvalue weighted by atomic mass is 10.1. The predicted molar refractivity (Wildman–Crippen MR) is 84.4 cm³/mol. The molecule has 0 aliphatic heterocycles. The van der Waals surface area contributed by atoms with Crippen LogP contribution in [0.3, 0.4) is 0 Å². The van der Waals surface area contributed by atoms with Crippen LogP contribution in [0.25, 0.3) is 0 Å². The number of hydrogen-bond donors (Lipinski definition) is 0. The minimum atomic E-state index is 0.142. The van der Waals surface area contributed by atoms with Crippen LogP contribution in [0.1, 0.15) is 49.9 Å². The van der Waals surface area contributed by atoms with E-state index in [1.807, 2.05) is 18.2 Å². The fourth-order valence-corrected chi connectivity index (χ4v) is 3.28. The number of halogens is 1. The first-order valence-electron chi connectivity index (χ1n) is 7.59. The lowest BCUT2D eigenvalue weighted by molar-refractivity contribution is 0.0876. The van der Waals surface area contributed by atoms with Gasteiger partial charge in [-0.25, -0.2) is 0 Å². The SMILES string of the molecule is CC(C)CN(CC(=O)c1ccccc1Cl)C1CCCC1. The molecule has 3 heteroatoms. The van der Waals surface area contributed by atoms with Crippen molar-refractivity contribution in [3.05, 3.63) is 34.9 Å². The van der Waals surface area contributed by atoms with E-state index in [4.69, 9.17) is 11.6 Å². The van der Waals surface area contributed by atoms with E-state index in [2.05, 4.69) is 18.7 Å². The number of ketones is 1. The summed E-state index contributed by atoms with van der Waals surface area (Å²) in [6, 6.07) is 7.93. The monoisotopic (exact) mass is 293 g/mol. The van der Waals surface area contributed by atoms with Gasteiger partial charge in [-0.1, -0.05) is 50.4 Å². The van der Waals surface area contributed by atoms with Crippen LogP contribution in [0.4, 0.5) is 0 Å². The smallest absolute Gasteiger partial charge is 0.178 e. The van der Waals surface area contributed by atoms with Gasteiger partial charge >= 0.3 is 0 Å². The number of nitrogens with zero attached hydrogens (tertiary/aromatic N) is 1. The maximum atomic E-state index is 12.5. The van der Waals surface area contributed by atoms with Crippen LogP contribution in [0.2, 0.25) is 5.02 Å². The van der Waals surface area contributed by atoms with E-state index < -0.39 is 0 Å². The maximum absolute atomic E-state index is 12.5. The zero-order valence-electron chi connectivity index (χ0n) is 12.4. The number of Topliss-reactive ketones (excluding diaryl/α,β-unsaturated/α-hetero) is 1. The molecule has 0 atom stereocenters. The second-order valence-corrected chi connectivity index (χ2v) is 6.57. The number of carbonyl (C=O) groups is 1. The molecule has 0 radical (unpaired) electrons. The lowest BCUT2D eigenvalue weighted by Gasteiger charge is -2.29. The average molecular weight is 294 g/mol. The summed E-state index contributed by atoms with van der Waals surface area (Å²) in [5.74, 6) is 0.720. The van der Waals surface area contributed by atoms with Gasteiger partial charge in [-0.2, -0.15) is 0 Å². The minimum Gasteiger partial charge on any atom is -0.293 e. The summed E-state index contributed by atoms with van der Waals surface area (Å²) in [6.07, 6.45) is 5.03. The molecule has 2 nitrogen and oxygen atoms in total. The Morgan fingerprint density at radius 1 is 1.30 bits per heavy atom. The van der Waals surface area contributed by atoms with Crippen molar-refractivity contribution in [3.8, 4) is 0 Å². The third-order valence-corrected chi connectivity index (χ3v) is 4.29. The average Bonchev–Trinajstić information content (AvgIpc) is 2.91. The minimum absolute atomic E-state index is 0.142. The highest BCUT2D eigenvalue weighted by atomic mass is 35.5. The van der Waals surface area contributed by atoms with Gasteiger partial charge in [0.2, 0.25) is 0 Å². The van der Waals surface area contributed by atoms with Gasteiger partial charge in [0.1, 0.15) is 0 Å². The molecule has 1 aliphatic carbocycles. The lowest BCUT2D eigenvalue weighted by Crippen LogP contribution is -2.40. The molecule has 110 valence electrons. The van der Waals surface area contributed by atoms with Gasteiger partial charge < -0.3 is 0 Å². The summed E-state index contributed by atoms with van der Waals surface area (Å²) in [5, 5.41) is 0.563. The highest BCUT2D eigenvalue weighted by Crippen LogP contribution is 2.25. The molecule has 0 saturated heterocycles. The third kappa shape index (κ3) is 4.07. The summed E-state index contributed by atoms with van der Waals surface area (Å²) in [7, 11) is 0. The molecule has 2 rings (SSSR count).